The average Bonchev–Trinajstić information content (AvgIpc) is 3.39. The lowest BCUT2D eigenvalue weighted by molar-refractivity contribution is 0.302. The maximum atomic E-state index is 6.10. The van der Waals surface area contributed by atoms with E-state index in [1.54, 1.807) is 0 Å². The third-order valence-corrected chi connectivity index (χ3v) is 6.63. The first-order valence-corrected chi connectivity index (χ1v) is 11.5. The fraction of sp³-hybridized carbons (Fsp3) is 0.400. The van der Waals surface area contributed by atoms with Crippen LogP contribution in [0.15, 0.2) is 48.7 Å². The molecule has 1 aromatic carbocycles. The number of ether oxygens (including phenoxy) is 1. The maximum absolute atomic E-state index is 6.10. The number of aromatic nitrogens is 4. The van der Waals surface area contributed by atoms with Gasteiger partial charge in [-0.2, -0.15) is 0 Å². The van der Waals surface area contributed by atoms with Gasteiger partial charge in [0.25, 0.3) is 0 Å². The molecule has 4 heterocycles. The summed E-state index contributed by atoms with van der Waals surface area (Å²) in [7, 11) is 2.04. The molecule has 164 valence electrons. The molecule has 0 amide bonds. The average molecular weight is 429 g/mol. The molecule has 1 unspecified atom stereocenters. The predicted molar refractivity (Wildman–Crippen MR) is 125 cm³/mol. The molecule has 0 bridgehead atoms. The minimum atomic E-state index is 0.585. The van der Waals surface area contributed by atoms with Crippen molar-refractivity contribution >= 4 is 16.6 Å². The monoisotopic (exact) mass is 428 g/mol. The SMILES string of the molecule is CNC1CCN(Cc2ccc3nnc(-c4ccc5cccc(OCC6CC6)c5n4)n3c2)C1. The molecule has 2 aliphatic rings. The fourth-order valence-corrected chi connectivity index (χ4v) is 4.53. The highest BCUT2D eigenvalue weighted by molar-refractivity contribution is 5.86. The third-order valence-electron chi connectivity index (χ3n) is 6.63. The largest absolute Gasteiger partial charge is 0.491 e. The first-order valence-electron chi connectivity index (χ1n) is 11.5. The summed E-state index contributed by atoms with van der Waals surface area (Å²) < 4.78 is 8.16. The van der Waals surface area contributed by atoms with Crippen molar-refractivity contribution in [1.82, 2.24) is 29.8 Å². The van der Waals surface area contributed by atoms with Crippen LogP contribution in [-0.2, 0) is 6.54 Å². The standard InChI is InChI=1S/C25H28N6O/c1-26-20-11-12-30(15-20)13-18-7-10-23-28-29-25(31(23)14-18)21-9-8-19-3-2-4-22(24(19)27-21)32-16-17-5-6-17/h2-4,7-10,14,17,20,26H,5-6,11-13,15-16H2,1H3. The number of benzene rings is 1. The molecule has 7 nitrogen and oxygen atoms in total. The van der Waals surface area contributed by atoms with Gasteiger partial charge in [0.15, 0.2) is 11.5 Å². The van der Waals surface area contributed by atoms with Crippen molar-refractivity contribution in [2.45, 2.75) is 31.8 Å². The second-order valence-corrected chi connectivity index (χ2v) is 9.08. The Bertz CT molecular complexity index is 1260. The number of hydrogen-bond acceptors (Lipinski definition) is 6. The lowest BCUT2D eigenvalue weighted by Gasteiger charge is -2.16. The van der Waals surface area contributed by atoms with Crippen LogP contribution >= 0.6 is 0 Å². The van der Waals surface area contributed by atoms with Gasteiger partial charge in [-0.05, 0) is 56.0 Å². The molecule has 3 aromatic heterocycles. The summed E-state index contributed by atoms with van der Waals surface area (Å²) in [6, 6.07) is 15.0. The van der Waals surface area contributed by atoms with E-state index in [0.717, 1.165) is 60.1 Å². The topological polar surface area (TPSA) is 67.6 Å². The summed E-state index contributed by atoms with van der Waals surface area (Å²) in [6.07, 6.45) is 5.89. The molecule has 1 aliphatic carbocycles. The summed E-state index contributed by atoms with van der Waals surface area (Å²) in [4.78, 5) is 7.44. The van der Waals surface area contributed by atoms with E-state index in [-0.39, 0.29) is 0 Å². The van der Waals surface area contributed by atoms with Crippen molar-refractivity contribution < 1.29 is 4.74 Å². The first-order chi connectivity index (χ1) is 15.8. The molecule has 1 atom stereocenters. The Kier molecular flexibility index (Phi) is 5.00. The number of hydrogen-bond donors (Lipinski definition) is 1. The second kappa shape index (κ2) is 8.15. The van der Waals surface area contributed by atoms with Gasteiger partial charge in [-0.25, -0.2) is 4.98 Å². The van der Waals surface area contributed by atoms with Crippen LogP contribution in [0.1, 0.15) is 24.8 Å². The Balaban J connectivity index is 1.32. The maximum Gasteiger partial charge on any atom is 0.187 e. The minimum absolute atomic E-state index is 0.585. The zero-order chi connectivity index (χ0) is 21.5. The number of likely N-dealkylation sites (tertiary alicyclic amines) is 1. The Morgan fingerprint density at radius 1 is 1.06 bits per heavy atom. The van der Waals surface area contributed by atoms with E-state index in [1.165, 1.54) is 24.8 Å². The minimum Gasteiger partial charge on any atom is -0.491 e. The number of nitrogens with one attached hydrogen (secondary N) is 1. The van der Waals surface area contributed by atoms with Gasteiger partial charge in [-0.15, -0.1) is 10.2 Å². The Morgan fingerprint density at radius 3 is 2.84 bits per heavy atom. The smallest absolute Gasteiger partial charge is 0.187 e. The van der Waals surface area contributed by atoms with Gasteiger partial charge in [-0.3, -0.25) is 9.30 Å². The van der Waals surface area contributed by atoms with Crippen molar-refractivity contribution in [1.29, 1.82) is 0 Å². The number of pyridine rings is 2. The summed E-state index contributed by atoms with van der Waals surface area (Å²) in [5.74, 6) is 2.31. The highest BCUT2D eigenvalue weighted by atomic mass is 16.5. The summed E-state index contributed by atoms with van der Waals surface area (Å²) in [6.45, 7) is 3.90. The quantitative estimate of drug-likeness (QED) is 0.486. The second-order valence-electron chi connectivity index (χ2n) is 9.08. The van der Waals surface area contributed by atoms with Crippen LogP contribution in [0.4, 0.5) is 0 Å². The summed E-state index contributed by atoms with van der Waals surface area (Å²) in [5.41, 5.74) is 3.78. The molecule has 0 spiro atoms. The van der Waals surface area contributed by atoms with Gasteiger partial charge >= 0.3 is 0 Å². The Labute approximate surface area is 187 Å². The van der Waals surface area contributed by atoms with Gasteiger partial charge in [-0.1, -0.05) is 24.3 Å². The van der Waals surface area contributed by atoms with E-state index < -0.39 is 0 Å². The third kappa shape index (κ3) is 3.82. The lowest BCUT2D eigenvalue weighted by atomic mass is 10.2. The zero-order valence-corrected chi connectivity index (χ0v) is 18.4. The van der Waals surface area contributed by atoms with Gasteiger partial charge < -0.3 is 10.1 Å². The Hall–Kier alpha value is -3.03. The van der Waals surface area contributed by atoms with Crippen molar-refractivity contribution in [3.8, 4) is 17.3 Å². The van der Waals surface area contributed by atoms with E-state index >= 15 is 0 Å². The van der Waals surface area contributed by atoms with Gasteiger partial charge in [0.05, 0.1) is 6.61 Å². The van der Waals surface area contributed by atoms with Crippen LogP contribution in [-0.4, -0.2) is 57.3 Å². The summed E-state index contributed by atoms with van der Waals surface area (Å²) in [5, 5.41) is 13.3. The zero-order valence-electron chi connectivity index (χ0n) is 18.4. The lowest BCUT2D eigenvalue weighted by Crippen LogP contribution is -2.29. The molecule has 1 saturated carbocycles. The molecule has 1 saturated heterocycles. The molecule has 4 aromatic rings. The van der Waals surface area contributed by atoms with Gasteiger partial charge in [0.1, 0.15) is 17.0 Å². The number of para-hydroxylation sites is 1. The van der Waals surface area contributed by atoms with Crippen molar-refractivity contribution in [2.24, 2.45) is 5.92 Å². The van der Waals surface area contributed by atoms with Gasteiger partial charge in [0, 0.05) is 37.3 Å². The molecule has 6 rings (SSSR count). The van der Waals surface area contributed by atoms with E-state index in [2.05, 4.69) is 49.2 Å². The molecule has 0 radical (unpaired) electrons. The van der Waals surface area contributed by atoms with E-state index in [9.17, 15) is 0 Å². The van der Waals surface area contributed by atoms with E-state index in [0.29, 0.717) is 12.0 Å². The van der Waals surface area contributed by atoms with E-state index in [4.69, 9.17) is 9.72 Å². The van der Waals surface area contributed by atoms with Crippen molar-refractivity contribution in [3.05, 3.63) is 54.2 Å². The van der Waals surface area contributed by atoms with Crippen LogP contribution < -0.4 is 10.1 Å². The number of nitrogens with zero attached hydrogens (tertiary/aromatic N) is 5. The fourth-order valence-electron chi connectivity index (χ4n) is 4.53. The normalized spacial score (nSPS) is 19.2. The number of likely N-dealkylation sites (N-methyl/N-ethyl adjacent to an activating group) is 1. The molecular weight excluding hydrogens is 400 g/mol. The molecule has 1 N–H and O–H groups in total. The first kappa shape index (κ1) is 19.6. The number of rotatable bonds is 7. The number of fused-ring (bicyclic) bond motifs is 2. The Morgan fingerprint density at radius 2 is 2.00 bits per heavy atom. The van der Waals surface area contributed by atoms with Crippen LogP contribution in [0.5, 0.6) is 5.75 Å². The van der Waals surface area contributed by atoms with Gasteiger partial charge in [0.2, 0.25) is 0 Å². The highest BCUT2D eigenvalue weighted by Gasteiger charge is 2.23. The molecule has 32 heavy (non-hydrogen) atoms. The van der Waals surface area contributed by atoms with Crippen molar-refractivity contribution in [2.75, 3.05) is 26.7 Å². The van der Waals surface area contributed by atoms with Crippen LogP contribution in [0.25, 0.3) is 28.1 Å². The van der Waals surface area contributed by atoms with Crippen molar-refractivity contribution in [3.63, 3.8) is 0 Å². The van der Waals surface area contributed by atoms with Crippen LogP contribution in [0, 0.1) is 5.92 Å². The van der Waals surface area contributed by atoms with Crippen LogP contribution in [0.3, 0.4) is 0 Å². The molecule has 1 aliphatic heterocycles. The summed E-state index contributed by atoms with van der Waals surface area (Å²) >= 11 is 0. The molecule has 2 fully saturated rings. The van der Waals surface area contributed by atoms with Crippen LogP contribution in [0.2, 0.25) is 0 Å². The highest BCUT2D eigenvalue weighted by Crippen LogP contribution is 2.32. The van der Waals surface area contributed by atoms with E-state index in [1.807, 2.05) is 31.3 Å². The predicted octanol–water partition coefficient (Wildman–Crippen LogP) is 3.53. The molecule has 7 heteroatoms. The molecular formula is C25H28N6O.